The SMILES string of the molecule is C1=CC2c3cccc(-c4cccc(-c5ccc6c(c5)c5ccccc5n6-c5cccc(-c6ccccc6)c5)c4)c3C3(c4ccccc4C4(c5ccccc5-c5ccccc54)c4ccccc43)C2C=C1. The summed E-state index contributed by atoms with van der Waals surface area (Å²) in [4.78, 5) is 0. The zero-order valence-electron chi connectivity index (χ0n) is 37.9. The highest BCUT2D eigenvalue weighted by molar-refractivity contribution is 6.10. The third-order valence-electron chi connectivity index (χ3n) is 16.3. The van der Waals surface area contributed by atoms with Crippen molar-refractivity contribution in [3.63, 3.8) is 0 Å². The van der Waals surface area contributed by atoms with E-state index in [1.807, 2.05) is 0 Å². The molecule has 0 radical (unpaired) electrons. The van der Waals surface area contributed by atoms with Crippen molar-refractivity contribution in [1.82, 2.24) is 4.57 Å². The Morgan fingerprint density at radius 1 is 0.333 bits per heavy atom. The number of nitrogens with zero attached hydrogens (tertiary/aromatic N) is 1. The Balaban J connectivity index is 0.935. The molecule has 0 bridgehead atoms. The molecule has 0 N–H and O–H groups in total. The third kappa shape index (κ3) is 5.09. The number of rotatable bonds is 4. The van der Waals surface area contributed by atoms with Gasteiger partial charge in [0.15, 0.2) is 0 Å². The molecule has 2 spiro atoms. The lowest BCUT2D eigenvalue weighted by Gasteiger charge is -2.51. The Labute approximate surface area is 402 Å². The molecule has 11 aromatic rings. The van der Waals surface area contributed by atoms with Crippen molar-refractivity contribution < 1.29 is 0 Å². The second-order valence-corrected chi connectivity index (χ2v) is 19.4. The summed E-state index contributed by atoms with van der Waals surface area (Å²) in [6.45, 7) is 0. The van der Waals surface area contributed by atoms with Gasteiger partial charge in [0.05, 0.1) is 21.9 Å². The second-order valence-electron chi connectivity index (χ2n) is 19.4. The first-order valence-electron chi connectivity index (χ1n) is 24.4. The Kier molecular flexibility index (Phi) is 8.10. The molecule has 2 unspecified atom stereocenters. The van der Waals surface area contributed by atoms with Gasteiger partial charge in [0.25, 0.3) is 0 Å². The van der Waals surface area contributed by atoms with Crippen LogP contribution in [0.1, 0.15) is 50.4 Å². The van der Waals surface area contributed by atoms with Crippen molar-refractivity contribution in [1.29, 1.82) is 0 Å². The summed E-state index contributed by atoms with van der Waals surface area (Å²) >= 11 is 0. The summed E-state index contributed by atoms with van der Waals surface area (Å²) in [5, 5.41) is 2.50. The van der Waals surface area contributed by atoms with E-state index in [4.69, 9.17) is 0 Å². The van der Waals surface area contributed by atoms with E-state index in [2.05, 4.69) is 265 Å². The van der Waals surface area contributed by atoms with Gasteiger partial charge in [-0.3, -0.25) is 0 Å². The van der Waals surface area contributed by atoms with Crippen molar-refractivity contribution >= 4 is 21.8 Å². The lowest BCUT2D eigenvalue weighted by molar-refractivity contribution is 0.432. The zero-order chi connectivity index (χ0) is 45.3. The van der Waals surface area contributed by atoms with E-state index in [1.54, 1.807) is 0 Å². The average molecular weight is 876 g/mol. The first kappa shape index (κ1) is 38.6. The summed E-state index contributed by atoms with van der Waals surface area (Å²) in [7, 11) is 0. The largest absolute Gasteiger partial charge is 0.309 e. The Bertz CT molecular complexity index is 3890. The number of aromatic nitrogens is 1. The van der Waals surface area contributed by atoms with Crippen molar-refractivity contribution in [3.05, 3.63) is 305 Å². The zero-order valence-corrected chi connectivity index (χ0v) is 37.9. The summed E-state index contributed by atoms with van der Waals surface area (Å²) < 4.78 is 2.43. The number of para-hydroxylation sites is 1. The van der Waals surface area contributed by atoms with Crippen LogP contribution in [0.5, 0.6) is 0 Å². The Morgan fingerprint density at radius 2 is 0.870 bits per heavy atom. The van der Waals surface area contributed by atoms with Gasteiger partial charge >= 0.3 is 0 Å². The summed E-state index contributed by atoms with van der Waals surface area (Å²) in [5.74, 6) is 0.404. The first-order valence-corrected chi connectivity index (χ1v) is 24.4. The molecule has 1 heteroatoms. The normalized spacial score (nSPS) is 17.1. The number of hydrogen-bond donors (Lipinski definition) is 0. The minimum atomic E-state index is -0.461. The van der Waals surface area contributed by atoms with Crippen LogP contribution in [0.2, 0.25) is 0 Å². The van der Waals surface area contributed by atoms with Crippen molar-refractivity contribution in [3.8, 4) is 50.2 Å². The van der Waals surface area contributed by atoms with Crippen molar-refractivity contribution in [2.24, 2.45) is 5.92 Å². The third-order valence-corrected chi connectivity index (χ3v) is 16.3. The molecule has 0 aliphatic heterocycles. The standard InChI is InChI=1S/C68H45N/c1-2-19-44(20-3-1)46-22-17-24-49(42-46)69-64-38-15-7-28-54(64)56-43-47(39-40-65(56)69)45-21-16-23-48(41-45)50-29-18-30-55-53-27-6-10-33-59(53)68(66(50)55)62-36-13-11-34-60(62)67(61-35-12-14-37-63(61)68)57-31-8-4-25-51(57)52-26-5-9-32-58(52)67/h1-43,53,59H. The van der Waals surface area contributed by atoms with Gasteiger partial charge in [-0.05, 0) is 125 Å². The fourth-order valence-corrected chi connectivity index (χ4v) is 13.8. The number of benzene rings is 10. The molecule has 0 saturated heterocycles. The van der Waals surface area contributed by atoms with Crippen LogP contribution in [0.3, 0.4) is 0 Å². The highest BCUT2D eigenvalue weighted by Gasteiger charge is 2.62. The van der Waals surface area contributed by atoms with E-state index in [9.17, 15) is 0 Å². The molecule has 2 atom stereocenters. The first-order chi connectivity index (χ1) is 34.2. The number of fused-ring (bicyclic) bond motifs is 19. The molecule has 0 amide bonds. The van der Waals surface area contributed by atoms with E-state index in [0.717, 1.165) is 5.69 Å². The van der Waals surface area contributed by atoms with Crippen LogP contribution in [0.25, 0.3) is 72.0 Å². The van der Waals surface area contributed by atoms with Crippen LogP contribution in [0.15, 0.2) is 261 Å². The van der Waals surface area contributed by atoms with Crippen LogP contribution in [-0.2, 0) is 10.8 Å². The topological polar surface area (TPSA) is 4.93 Å². The minimum Gasteiger partial charge on any atom is -0.309 e. The van der Waals surface area contributed by atoms with E-state index in [1.165, 1.54) is 111 Å². The molecule has 10 aromatic carbocycles. The average Bonchev–Trinajstić information content (AvgIpc) is 4.03. The summed E-state index contributed by atoms with van der Waals surface area (Å²) in [5.41, 5.74) is 23.9. The quantitative estimate of drug-likeness (QED) is 0.166. The van der Waals surface area contributed by atoms with E-state index >= 15 is 0 Å². The maximum absolute atomic E-state index is 2.52. The van der Waals surface area contributed by atoms with Gasteiger partial charge in [-0.1, -0.05) is 224 Å². The molecule has 1 nitrogen and oxygen atoms in total. The maximum Gasteiger partial charge on any atom is 0.0719 e. The van der Waals surface area contributed by atoms with Gasteiger partial charge in [-0.15, -0.1) is 0 Å². The van der Waals surface area contributed by atoms with Gasteiger partial charge in [-0.25, -0.2) is 0 Å². The molecule has 69 heavy (non-hydrogen) atoms. The molecule has 4 aliphatic carbocycles. The van der Waals surface area contributed by atoms with Crippen LogP contribution < -0.4 is 0 Å². The smallest absolute Gasteiger partial charge is 0.0719 e. The van der Waals surface area contributed by atoms with Gasteiger partial charge < -0.3 is 4.57 Å². The highest BCUT2D eigenvalue weighted by atomic mass is 15.0. The van der Waals surface area contributed by atoms with Gasteiger partial charge in [-0.2, -0.15) is 0 Å². The van der Waals surface area contributed by atoms with Gasteiger partial charge in [0.1, 0.15) is 0 Å². The summed E-state index contributed by atoms with van der Waals surface area (Å²) in [6, 6.07) is 89.4. The van der Waals surface area contributed by atoms with Crippen LogP contribution >= 0.6 is 0 Å². The van der Waals surface area contributed by atoms with E-state index < -0.39 is 10.8 Å². The van der Waals surface area contributed by atoms with Gasteiger partial charge in [0, 0.05) is 28.3 Å². The van der Waals surface area contributed by atoms with Gasteiger partial charge in [0.2, 0.25) is 0 Å². The van der Waals surface area contributed by atoms with Crippen molar-refractivity contribution in [2.75, 3.05) is 0 Å². The fraction of sp³-hybridized carbons (Fsp3) is 0.0588. The lowest BCUT2D eigenvalue weighted by Crippen LogP contribution is -2.46. The lowest BCUT2D eigenvalue weighted by atomic mass is 9.50. The Morgan fingerprint density at radius 3 is 1.62 bits per heavy atom. The molecule has 1 aromatic heterocycles. The predicted octanol–water partition coefficient (Wildman–Crippen LogP) is 16.6. The van der Waals surface area contributed by atoms with Crippen LogP contribution in [0.4, 0.5) is 0 Å². The van der Waals surface area contributed by atoms with E-state index in [0.29, 0.717) is 0 Å². The molecular formula is C68H45N. The minimum absolute atomic E-state index is 0.182. The molecule has 0 fully saturated rings. The van der Waals surface area contributed by atoms with Crippen molar-refractivity contribution in [2.45, 2.75) is 16.7 Å². The predicted molar refractivity (Wildman–Crippen MR) is 285 cm³/mol. The summed E-state index contributed by atoms with van der Waals surface area (Å²) in [6.07, 6.45) is 9.57. The number of hydrogen-bond acceptors (Lipinski definition) is 0. The molecule has 4 aliphatic rings. The molecule has 1 heterocycles. The molecule has 322 valence electrons. The Hall–Kier alpha value is -8.52. The molecule has 15 rings (SSSR count). The fourth-order valence-electron chi connectivity index (χ4n) is 13.8. The maximum atomic E-state index is 2.52. The second kappa shape index (κ2) is 14.5. The highest BCUT2D eigenvalue weighted by Crippen LogP contribution is 2.69. The molecular weight excluding hydrogens is 831 g/mol. The molecule has 0 saturated carbocycles. The van der Waals surface area contributed by atoms with E-state index in [-0.39, 0.29) is 11.8 Å². The number of allylic oxidation sites excluding steroid dienone is 4. The monoisotopic (exact) mass is 875 g/mol. The van der Waals surface area contributed by atoms with Crippen LogP contribution in [-0.4, -0.2) is 4.57 Å². The van der Waals surface area contributed by atoms with Crippen LogP contribution in [0, 0.1) is 5.92 Å².